The second-order valence-corrected chi connectivity index (χ2v) is 12.6. The predicted molar refractivity (Wildman–Crippen MR) is 116 cm³/mol. The number of phosphoric ester groups is 1. The van der Waals surface area contributed by atoms with E-state index in [4.69, 9.17) is 9.05 Å². The molecule has 0 heterocycles. The maximum Gasteiger partial charge on any atom is 0.472 e. The molecule has 146 valence electrons. The Kier molecular flexibility index (Phi) is 7.00. The van der Waals surface area contributed by atoms with Crippen LogP contribution in [0.4, 0.5) is 0 Å². The SMILES string of the molecule is C[Si](CCOP(=O)(O)OCc1ccccc1)(c1ccccc1)c1ccccc1. The zero-order valence-electron chi connectivity index (χ0n) is 15.9. The Morgan fingerprint density at radius 2 is 1.25 bits per heavy atom. The fourth-order valence-electron chi connectivity index (χ4n) is 3.20. The minimum Gasteiger partial charge on any atom is -0.302 e. The summed E-state index contributed by atoms with van der Waals surface area (Å²) in [7, 11) is -6.21. The Hall–Kier alpha value is -2.01. The Labute approximate surface area is 167 Å². The van der Waals surface area contributed by atoms with Crippen LogP contribution in [0.2, 0.25) is 12.6 Å². The normalized spacial score (nSPS) is 13.8. The first-order chi connectivity index (χ1) is 13.5. The Balaban J connectivity index is 1.66. The summed E-state index contributed by atoms with van der Waals surface area (Å²) in [5.74, 6) is 0. The summed E-state index contributed by atoms with van der Waals surface area (Å²) >= 11 is 0. The third-order valence-corrected chi connectivity index (χ3v) is 10.3. The Bertz CT molecular complexity index is 864. The van der Waals surface area contributed by atoms with Gasteiger partial charge in [0.15, 0.2) is 0 Å². The van der Waals surface area contributed by atoms with Gasteiger partial charge >= 0.3 is 7.82 Å². The highest BCUT2D eigenvalue weighted by molar-refractivity contribution is 7.47. The lowest BCUT2D eigenvalue weighted by atomic mass is 10.2. The topological polar surface area (TPSA) is 55.8 Å². The minimum absolute atomic E-state index is 0.0423. The van der Waals surface area contributed by atoms with E-state index in [0.717, 1.165) is 5.56 Å². The molecule has 3 aromatic carbocycles. The van der Waals surface area contributed by atoms with E-state index >= 15 is 0 Å². The minimum atomic E-state index is -4.10. The third kappa shape index (κ3) is 5.50. The molecule has 1 N–H and O–H groups in total. The molecule has 1 atom stereocenters. The molecule has 1 unspecified atom stereocenters. The highest BCUT2D eigenvalue weighted by atomic mass is 31.2. The first-order valence-corrected chi connectivity index (χ1v) is 13.5. The van der Waals surface area contributed by atoms with Gasteiger partial charge in [0.1, 0.15) is 8.07 Å². The summed E-state index contributed by atoms with van der Waals surface area (Å²) in [6, 6.07) is 30.6. The summed E-state index contributed by atoms with van der Waals surface area (Å²) in [5, 5.41) is 2.53. The molecule has 6 heteroatoms. The van der Waals surface area contributed by atoms with Crippen LogP contribution >= 0.6 is 7.82 Å². The summed E-state index contributed by atoms with van der Waals surface area (Å²) in [4.78, 5) is 10.0. The van der Waals surface area contributed by atoms with Gasteiger partial charge in [-0.1, -0.05) is 108 Å². The van der Waals surface area contributed by atoms with Crippen molar-refractivity contribution in [3.63, 3.8) is 0 Å². The van der Waals surface area contributed by atoms with Gasteiger partial charge in [-0.05, 0) is 11.6 Å². The van der Waals surface area contributed by atoms with Gasteiger partial charge in [0.05, 0.1) is 13.2 Å². The van der Waals surface area contributed by atoms with Crippen molar-refractivity contribution in [2.24, 2.45) is 0 Å². The van der Waals surface area contributed by atoms with E-state index in [-0.39, 0.29) is 13.2 Å². The number of benzene rings is 3. The lowest BCUT2D eigenvalue weighted by Gasteiger charge is -2.29. The lowest BCUT2D eigenvalue weighted by molar-refractivity contribution is 0.148. The number of phosphoric acid groups is 1. The molecular formula is C22H25O4PSi. The quantitative estimate of drug-likeness (QED) is 0.422. The maximum absolute atomic E-state index is 12.3. The van der Waals surface area contributed by atoms with Crippen LogP contribution in [-0.4, -0.2) is 19.6 Å². The first kappa shape index (κ1) is 20.7. The lowest BCUT2D eigenvalue weighted by Crippen LogP contribution is -2.56. The summed E-state index contributed by atoms with van der Waals surface area (Å²) in [6.45, 7) is 2.46. The van der Waals surface area contributed by atoms with Gasteiger partial charge in [-0.3, -0.25) is 9.05 Å². The molecule has 0 bridgehead atoms. The molecular weight excluding hydrogens is 387 g/mol. The van der Waals surface area contributed by atoms with Gasteiger partial charge in [-0.15, -0.1) is 0 Å². The molecule has 0 saturated carbocycles. The maximum atomic E-state index is 12.3. The fraction of sp³-hybridized carbons (Fsp3) is 0.182. The van der Waals surface area contributed by atoms with E-state index in [0.29, 0.717) is 6.04 Å². The smallest absolute Gasteiger partial charge is 0.302 e. The molecule has 0 aliphatic rings. The molecule has 0 aromatic heterocycles. The van der Waals surface area contributed by atoms with Crippen molar-refractivity contribution in [1.29, 1.82) is 0 Å². The Morgan fingerprint density at radius 3 is 1.75 bits per heavy atom. The average molecular weight is 412 g/mol. The summed E-state index contributed by atoms with van der Waals surface area (Å²) in [6.07, 6.45) is 0. The van der Waals surface area contributed by atoms with Gasteiger partial charge in [0, 0.05) is 0 Å². The van der Waals surface area contributed by atoms with Crippen molar-refractivity contribution < 1.29 is 18.5 Å². The van der Waals surface area contributed by atoms with Gasteiger partial charge < -0.3 is 4.89 Å². The van der Waals surface area contributed by atoms with Gasteiger partial charge in [0.2, 0.25) is 0 Å². The van der Waals surface area contributed by atoms with Crippen molar-refractivity contribution in [2.45, 2.75) is 19.2 Å². The molecule has 0 radical (unpaired) electrons. The van der Waals surface area contributed by atoms with Crippen LogP contribution in [0, 0.1) is 0 Å². The van der Waals surface area contributed by atoms with Crippen molar-refractivity contribution in [2.75, 3.05) is 6.61 Å². The molecule has 0 aliphatic heterocycles. The van der Waals surface area contributed by atoms with E-state index in [1.165, 1.54) is 10.4 Å². The van der Waals surface area contributed by atoms with Crippen molar-refractivity contribution in [3.05, 3.63) is 96.6 Å². The van der Waals surface area contributed by atoms with E-state index in [1.54, 1.807) is 0 Å². The van der Waals surface area contributed by atoms with E-state index in [9.17, 15) is 9.46 Å². The summed E-state index contributed by atoms with van der Waals surface area (Å²) < 4.78 is 22.7. The van der Waals surface area contributed by atoms with Crippen molar-refractivity contribution in [3.8, 4) is 0 Å². The molecule has 0 fully saturated rings. The number of hydrogen-bond acceptors (Lipinski definition) is 3. The van der Waals surface area contributed by atoms with Crippen LogP contribution in [0.3, 0.4) is 0 Å². The van der Waals surface area contributed by atoms with Crippen LogP contribution in [0.15, 0.2) is 91.0 Å². The van der Waals surface area contributed by atoms with Gasteiger partial charge in [-0.2, -0.15) is 0 Å². The molecule has 0 saturated heterocycles. The molecule has 0 amide bonds. The van der Waals surface area contributed by atoms with E-state index < -0.39 is 15.9 Å². The third-order valence-electron chi connectivity index (χ3n) is 4.92. The average Bonchev–Trinajstić information content (AvgIpc) is 2.74. The van der Waals surface area contributed by atoms with Crippen LogP contribution in [0.5, 0.6) is 0 Å². The van der Waals surface area contributed by atoms with E-state index in [2.05, 4.69) is 30.8 Å². The standard InChI is InChI=1S/C22H25O4PSi/c1-28(21-13-7-3-8-14-21,22-15-9-4-10-16-22)18-17-25-27(23,24)26-19-20-11-5-2-6-12-20/h2-16H,17-19H2,1H3,(H,23,24). The monoisotopic (exact) mass is 412 g/mol. The first-order valence-electron chi connectivity index (χ1n) is 9.26. The van der Waals surface area contributed by atoms with Crippen LogP contribution < -0.4 is 10.4 Å². The summed E-state index contributed by atoms with van der Waals surface area (Å²) in [5.41, 5.74) is 0.827. The zero-order chi connectivity index (χ0) is 19.9. The Morgan fingerprint density at radius 1 is 0.786 bits per heavy atom. The highest BCUT2D eigenvalue weighted by Crippen LogP contribution is 2.44. The van der Waals surface area contributed by atoms with Crippen molar-refractivity contribution in [1.82, 2.24) is 0 Å². The number of hydrogen-bond donors (Lipinski definition) is 1. The van der Waals surface area contributed by atoms with Crippen LogP contribution in [0.25, 0.3) is 0 Å². The van der Waals surface area contributed by atoms with Crippen molar-refractivity contribution >= 4 is 26.3 Å². The highest BCUT2D eigenvalue weighted by Gasteiger charge is 2.33. The zero-order valence-corrected chi connectivity index (χ0v) is 17.8. The van der Waals surface area contributed by atoms with Gasteiger partial charge in [0.25, 0.3) is 0 Å². The molecule has 3 aromatic rings. The second-order valence-electron chi connectivity index (χ2n) is 6.87. The molecule has 4 nitrogen and oxygen atoms in total. The second kappa shape index (κ2) is 9.46. The number of rotatable bonds is 9. The molecule has 0 aliphatic carbocycles. The predicted octanol–water partition coefficient (Wildman–Crippen LogP) is 4.21. The molecule has 0 spiro atoms. The molecule has 28 heavy (non-hydrogen) atoms. The molecule has 3 rings (SSSR count). The fourth-order valence-corrected chi connectivity index (χ4v) is 7.36. The van der Waals surface area contributed by atoms with Crippen LogP contribution in [0.1, 0.15) is 5.56 Å². The van der Waals surface area contributed by atoms with Crippen LogP contribution in [-0.2, 0) is 20.2 Å². The van der Waals surface area contributed by atoms with Gasteiger partial charge in [-0.25, -0.2) is 4.57 Å². The van der Waals surface area contributed by atoms with E-state index in [1.807, 2.05) is 66.7 Å². The largest absolute Gasteiger partial charge is 0.472 e.